The average Bonchev–Trinajstić information content (AvgIpc) is 3.08. The first-order chi connectivity index (χ1) is 10.0. The summed E-state index contributed by atoms with van der Waals surface area (Å²) in [6.07, 6.45) is 4.44. The highest BCUT2D eigenvalue weighted by molar-refractivity contribution is 8.00. The predicted octanol–water partition coefficient (Wildman–Crippen LogP) is -0.303. The molecule has 2 aliphatic heterocycles. The number of nitrogens with zero attached hydrogens (tertiary/aromatic N) is 5. The third-order valence-electron chi connectivity index (χ3n) is 3.77. The van der Waals surface area contributed by atoms with Gasteiger partial charge in [0.05, 0.1) is 12.8 Å². The first kappa shape index (κ1) is 15.0. The number of hydrogen-bond donors (Lipinski definition) is 1. The molecule has 2 atom stereocenters. The van der Waals surface area contributed by atoms with E-state index in [0.717, 1.165) is 25.5 Å². The molecule has 21 heavy (non-hydrogen) atoms. The Balaban J connectivity index is 1.64. The van der Waals surface area contributed by atoms with E-state index in [1.165, 1.54) is 24.9 Å². The fourth-order valence-electron chi connectivity index (χ4n) is 2.87. The second-order valence-corrected chi connectivity index (χ2v) is 8.81. The second-order valence-electron chi connectivity index (χ2n) is 5.62. The van der Waals surface area contributed by atoms with Gasteiger partial charge in [-0.05, 0) is 35.4 Å². The van der Waals surface area contributed by atoms with Gasteiger partial charge in [-0.1, -0.05) is 5.10 Å². The zero-order valence-electron chi connectivity index (χ0n) is 12.0. The molecule has 118 valence electrons. The van der Waals surface area contributed by atoms with Crippen molar-refractivity contribution in [2.45, 2.75) is 37.1 Å². The maximum atomic E-state index is 11.3. The summed E-state index contributed by atoms with van der Waals surface area (Å²) in [7, 11) is -3.17. The second kappa shape index (κ2) is 6.09. The minimum absolute atomic E-state index is 0.0639. The molecule has 2 saturated heterocycles. The third-order valence-corrected chi connectivity index (χ3v) is 5.91. The van der Waals surface area contributed by atoms with Crippen molar-refractivity contribution in [2.75, 3.05) is 30.0 Å². The van der Waals surface area contributed by atoms with E-state index in [1.54, 1.807) is 0 Å². The summed E-state index contributed by atoms with van der Waals surface area (Å²) in [6.45, 7) is 2.21. The molecule has 0 saturated carbocycles. The van der Waals surface area contributed by atoms with Crippen LogP contribution in [0.1, 0.15) is 19.3 Å². The van der Waals surface area contributed by atoms with Gasteiger partial charge in [-0.3, -0.25) is 0 Å². The molecule has 3 heterocycles. The van der Waals surface area contributed by atoms with Crippen LogP contribution in [0.25, 0.3) is 0 Å². The van der Waals surface area contributed by atoms with Crippen molar-refractivity contribution >= 4 is 27.7 Å². The van der Waals surface area contributed by atoms with Gasteiger partial charge in [-0.2, -0.15) is 11.8 Å². The summed E-state index contributed by atoms with van der Waals surface area (Å²) >= 11 is 1.97. The van der Waals surface area contributed by atoms with Crippen molar-refractivity contribution in [2.24, 2.45) is 0 Å². The molecular weight excluding hydrogens is 312 g/mol. The predicted molar refractivity (Wildman–Crippen MR) is 81.9 cm³/mol. The highest BCUT2D eigenvalue weighted by Gasteiger charge is 2.29. The van der Waals surface area contributed by atoms with Crippen LogP contribution in [-0.2, 0) is 16.6 Å². The highest BCUT2D eigenvalue weighted by atomic mass is 32.2. The van der Waals surface area contributed by atoms with E-state index in [9.17, 15) is 8.42 Å². The van der Waals surface area contributed by atoms with Crippen molar-refractivity contribution in [1.82, 2.24) is 24.9 Å². The fourth-order valence-corrected chi connectivity index (χ4v) is 4.91. The van der Waals surface area contributed by atoms with E-state index in [2.05, 4.69) is 25.1 Å². The van der Waals surface area contributed by atoms with Gasteiger partial charge in [0.25, 0.3) is 0 Å². The minimum Gasteiger partial charge on any atom is -0.338 e. The maximum absolute atomic E-state index is 11.3. The van der Waals surface area contributed by atoms with Crippen LogP contribution in [0.15, 0.2) is 0 Å². The van der Waals surface area contributed by atoms with Crippen LogP contribution < -0.4 is 9.62 Å². The Morgan fingerprint density at radius 2 is 2.29 bits per heavy atom. The van der Waals surface area contributed by atoms with Crippen LogP contribution >= 0.6 is 11.8 Å². The Morgan fingerprint density at radius 3 is 3.00 bits per heavy atom. The quantitative estimate of drug-likeness (QED) is 0.791. The van der Waals surface area contributed by atoms with Crippen LogP contribution in [-0.4, -0.2) is 65.0 Å². The van der Waals surface area contributed by atoms with Crippen molar-refractivity contribution in [3.8, 4) is 0 Å². The maximum Gasteiger partial charge on any atom is 0.245 e. The van der Waals surface area contributed by atoms with E-state index < -0.39 is 10.0 Å². The standard InChI is InChI=1S/C11H20N6O2S2/c1-21(18,19)13-9-4-5-16(7-9)11-12-14-15-17(11)8-10-3-2-6-20-10/h9-10,13H,2-8H2,1H3/t9-,10?/m0/s1. The molecule has 0 spiro atoms. The monoisotopic (exact) mass is 332 g/mol. The number of nitrogens with one attached hydrogen (secondary N) is 1. The van der Waals surface area contributed by atoms with Crippen LogP contribution in [0, 0.1) is 0 Å². The Morgan fingerprint density at radius 1 is 1.43 bits per heavy atom. The lowest BCUT2D eigenvalue weighted by Gasteiger charge is -2.18. The van der Waals surface area contributed by atoms with E-state index in [1.807, 2.05) is 16.4 Å². The van der Waals surface area contributed by atoms with Gasteiger partial charge in [0.1, 0.15) is 0 Å². The smallest absolute Gasteiger partial charge is 0.245 e. The molecule has 0 aromatic carbocycles. The summed E-state index contributed by atoms with van der Waals surface area (Å²) in [4.78, 5) is 2.06. The number of aromatic nitrogens is 4. The number of sulfonamides is 1. The molecule has 2 aliphatic rings. The number of rotatable bonds is 5. The number of thioether (sulfide) groups is 1. The van der Waals surface area contributed by atoms with Gasteiger partial charge in [0, 0.05) is 24.4 Å². The van der Waals surface area contributed by atoms with Crippen LogP contribution in [0.5, 0.6) is 0 Å². The van der Waals surface area contributed by atoms with Crippen LogP contribution in [0.4, 0.5) is 5.95 Å². The Hall–Kier alpha value is -0.870. The van der Waals surface area contributed by atoms with E-state index in [4.69, 9.17) is 0 Å². The van der Waals surface area contributed by atoms with Crippen molar-refractivity contribution < 1.29 is 8.42 Å². The molecule has 1 unspecified atom stereocenters. The van der Waals surface area contributed by atoms with Crippen molar-refractivity contribution in [3.63, 3.8) is 0 Å². The normalized spacial score (nSPS) is 26.6. The summed E-state index contributed by atoms with van der Waals surface area (Å²) in [5.41, 5.74) is 0. The summed E-state index contributed by atoms with van der Waals surface area (Å²) in [5, 5.41) is 12.6. The molecule has 0 amide bonds. The first-order valence-electron chi connectivity index (χ1n) is 7.11. The van der Waals surface area contributed by atoms with Gasteiger partial charge in [-0.15, -0.1) is 0 Å². The molecule has 10 heteroatoms. The summed E-state index contributed by atoms with van der Waals surface area (Å²) in [6, 6.07) is -0.0639. The van der Waals surface area contributed by atoms with Gasteiger partial charge in [0.2, 0.25) is 16.0 Å². The molecule has 1 N–H and O–H groups in total. The van der Waals surface area contributed by atoms with Gasteiger partial charge < -0.3 is 4.90 Å². The molecule has 0 radical (unpaired) electrons. The number of anilines is 1. The first-order valence-corrected chi connectivity index (χ1v) is 10.1. The Kier molecular flexibility index (Phi) is 4.36. The molecule has 0 bridgehead atoms. The largest absolute Gasteiger partial charge is 0.338 e. The highest BCUT2D eigenvalue weighted by Crippen LogP contribution is 2.28. The Labute approximate surface area is 128 Å². The lowest BCUT2D eigenvalue weighted by Crippen LogP contribution is -2.37. The van der Waals surface area contributed by atoms with Crippen molar-refractivity contribution in [3.05, 3.63) is 0 Å². The molecule has 3 rings (SSSR count). The summed E-state index contributed by atoms with van der Waals surface area (Å²) < 4.78 is 27.1. The molecule has 1 aromatic heterocycles. The zero-order chi connectivity index (χ0) is 14.9. The molecule has 8 nitrogen and oxygen atoms in total. The fraction of sp³-hybridized carbons (Fsp3) is 0.909. The molecule has 0 aliphatic carbocycles. The topological polar surface area (TPSA) is 93.0 Å². The lowest BCUT2D eigenvalue weighted by molar-refractivity contribution is 0.554. The summed E-state index contributed by atoms with van der Waals surface area (Å²) in [5.74, 6) is 1.96. The third kappa shape index (κ3) is 3.86. The lowest BCUT2D eigenvalue weighted by atomic mass is 10.2. The number of tetrazole rings is 1. The average molecular weight is 332 g/mol. The van der Waals surface area contributed by atoms with Gasteiger partial charge >= 0.3 is 0 Å². The van der Waals surface area contributed by atoms with Gasteiger partial charge in [-0.25, -0.2) is 17.8 Å². The van der Waals surface area contributed by atoms with Crippen molar-refractivity contribution in [1.29, 1.82) is 0 Å². The zero-order valence-corrected chi connectivity index (χ0v) is 13.6. The minimum atomic E-state index is -3.17. The Bertz CT molecular complexity index is 583. The molecule has 1 aromatic rings. The van der Waals surface area contributed by atoms with E-state index in [0.29, 0.717) is 11.8 Å². The van der Waals surface area contributed by atoms with Crippen LogP contribution in [0.2, 0.25) is 0 Å². The van der Waals surface area contributed by atoms with Gasteiger partial charge in [0.15, 0.2) is 0 Å². The van der Waals surface area contributed by atoms with E-state index >= 15 is 0 Å². The molecule has 2 fully saturated rings. The SMILES string of the molecule is CS(=O)(=O)N[C@H]1CCN(c2nnnn2CC2CCCS2)C1. The van der Waals surface area contributed by atoms with E-state index in [-0.39, 0.29) is 6.04 Å². The number of hydrogen-bond acceptors (Lipinski definition) is 7. The van der Waals surface area contributed by atoms with Crippen LogP contribution in [0.3, 0.4) is 0 Å². The molecular formula is C11H20N6O2S2.